The normalized spacial score (nSPS) is 10.7. The minimum atomic E-state index is 0. The van der Waals surface area contributed by atoms with E-state index in [-0.39, 0.29) is 24.0 Å². The molecule has 0 aliphatic heterocycles. The van der Waals surface area contributed by atoms with Crippen LogP contribution >= 0.6 is 24.0 Å². The predicted octanol–water partition coefficient (Wildman–Crippen LogP) is 4.04. The highest BCUT2D eigenvalue weighted by molar-refractivity contribution is 14.0. The number of aliphatic imine (C=N–C) groups is 1. The molecule has 8 nitrogen and oxygen atoms in total. The van der Waals surface area contributed by atoms with Gasteiger partial charge in [0.15, 0.2) is 29.0 Å². The van der Waals surface area contributed by atoms with Crippen LogP contribution in [0.1, 0.15) is 24.5 Å². The molecule has 184 valence electrons. The quantitative estimate of drug-likeness (QED) is 0.172. The van der Waals surface area contributed by atoms with Crippen molar-refractivity contribution >= 4 is 29.9 Å². The SMILES string of the molecule is CCOc1cc(CCCNC(=NC)NCc2ccc(OC)c(OC)c2OC)ccc1OC.I. The van der Waals surface area contributed by atoms with Gasteiger partial charge in [-0.25, -0.2) is 0 Å². The number of methoxy groups -OCH3 is 4. The minimum Gasteiger partial charge on any atom is -0.493 e. The Kier molecular flexibility index (Phi) is 13.2. The first kappa shape index (κ1) is 28.5. The van der Waals surface area contributed by atoms with Gasteiger partial charge in [0.2, 0.25) is 5.75 Å². The van der Waals surface area contributed by atoms with Gasteiger partial charge in [-0.05, 0) is 49.6 Å². The average Bonchev–Trinajstić information content (AvgIpc) is 2.83. The highest BCUT2D eigenvalue weighted by Crippen LogP contribution is 2.39. The van der Waals surface area contributed by atoms with Crippen molar-refractivity contribution in [1.82, 2.24) is 10.6 Å². The summed E-state index contributed by atoms with van der Waals surface area (Å²) in [5.74, 6) is 4.08. The molecule has 2 aromatic rings. The van der Waals surface area contributed by atoms with Crippen molar-refractivity contribution < 1.29 is 23.7 Å². The first-order chi connectivity index (χ1) is 15.6. The fourth-order valence-corrected chi connectivity index (χ4v) is 3.35. The van der Waals surface area contributed by atoms with Crippen molar-refractivity contribution in [2.75, 3.05) is 48.6 Å². The lowest BCUT2D eigenvalue weighted by Gasteiger charge is -2.17. The molecule has 9 heteroatoms. The number of ether oxygens (including phenoxy) is 5. The molecule has 0 spiro atoms. The Morgan fingerprint density at radius 3 is 2.15 bits per heavy atom. The summed E-state index contributed by atoms with van der Waals surface area (Å²) in [5, 5.41) is 6.66. The van der Waals surface area contributed by atoms with Crippen LogP contribution in [0.5, 0.6) is 28.7 Å². The maximum absolute atomic E-state index is 5.66. The molecule has 0 unspecified atom stereocenters. The fraction of sp³-hybridized carbons (Fsp3) is 0.458. The summed E-state index contributed by atoms with van der Waals surface area (Å²) in [6, 6.07) is 9.86. The Morgan fingerprint density at radius 1 is 0.848 bits per heavy atom. The number of benzene rings is 2. The van der Waals surface area contributed by atoms with Gasteiger partial charge in [0.05, 0.1) is 35.0 Å². The highest BCUT2D eigenvalue weighted by Gasteiger charge is 2.16. The Balaban J connectivity index is 0.00000544. The van der Waals surface area contributed by atoms with E-state index in [0.717, 1.165) is 36.4 Å². The van der Waals surface area contributed by atoms with Crippen LogP contribution in [0.15, 0.2) is 35.3 Å². The summed E-state index contributed by atoms with van der Waals surface area (Å²) in [7, 11) is 8.21. The number of nitrogens with zero attached hydrogens (tertiary/aromatic N) is 1. The molecule has 2 aromatic carbocycles. The third-order valence-corrected chi connectivity index (χ3v) is 4.92. The number of guanidine groups is 1. The number of halogens is 1. The van der Waals surface area contributed by atoms with E-state index in [1.54, 1.807) is 35.5 Å². The van der Waals surface area contributed by atoms with Crippen molar-refractivity contribution in [2.45, 2.75) is 26.3 Å². The molecule has 0 radical (unpaired) electrons. The summed E-state index contributed by atoms with van der Waals surface area (Å²) < 4.78 is 27.3. The van der Waals surface area contributed by atoms with E-state index in [0.29, 0.717) is 36.4 Å². The monoisotopic (exact) mass is 573 g/mol. The molecule has 0 fully saturated rings. The summed E-state index contributed by atoms with van der Waals surface area (Å²) in [6.07, 6.45) is 1.86. The van der Waals surface area contributed by atoms with Crippen molar-refractivity contribution in [3.63, 3.8) is 0 Å². The number of rotatable bonds is 12. The third kappa shape index (κ3) is 8.06. The molecule has 0 saturated carbocycles. The molecule has 2 rings (SSSR count). The fourth-order valence-electron chi connectivity index (χ4n) is 3.35. The van der Waals surface area contributed by atoms with Gasteiger partial charge in [-0.15, -0.1) is 24.0 Å². The lowest BCUT2D eigenvalue weighted by molar-refractivity contribution is 0.310. The zero-order valence-electron chi connectivity index (χ0n) is 20.3. The van der Waals surface area contributed by atoms with Crippen LogP contribution in [0.2, 0.25) is 0 Å². The maximum atomic E-state index is 5.66. The van der Waals surface area contributed by atoms with Crippen LogP contribution in [0.3, 0.4) is 0 Å². The van der Waals surface area contributed by atoms with Crippen molar-refractivity contribution in [3.05, 3.63) is 41.5 Å². The van der Waals surface area contributed by atoms with Crippen LogP contribution in [-0.2, 0) is 13.0 Å². The molecule has 0 aliphatic rings. The molecule has 0 bridgehead atoms. The van der Waals surface area contributed by atoms with Crippen molar-refractivity contribution in [2.24, 2.45) is 4.99 Å². The Hall–Kier alpha value is -2.56. The molecular weight excluding hydrogens is 537 g/mol. The van der Waals surface area contributed by atoms with Gasteiger partial charge in [0, 0.05) is 25.7 Å². The molecule has 0 atom stereocenters. The van der Waals surface area contributed by atoms with Crippen LogP contribution < -0.4 is 34.3 Å². The molecule has 33 heavy (non-hydrogen) atoms. The van der Waals surface area contributed by atoms with Gasteiger partial charge in [-0.3, -0.25) is 4.99 Å². The standard InChI is InChI=1S/C24H35N3O5.HI/c1-7-32-21-15-17(10-12-19(21)28-3)9-8-14-26-24(25-2)27-16-18-11-13-20(29-4)23(31-6)22(18)30-5;/h10-13,15H,7-9,14,16H2,1-6H3,(H2,25,26,27);1H. The Labute approximate surface area is 214 Å². The van der Waals surface area contributed by atoms with Gasteiger partial charge in [0.1, 0.15) is 0 Å². The van der Waals surface area contributed by atoms with Gasteiger partial charge in [-0.2, -0.15) is 0 Å². The molecule has 0 aromatic heterocycles. The van der Waals surface area contributed by atoms with E-state index in [2.05, 4.69) is 21.7 Å². The van der Waals surface area contributed by atoms with Gasteiger partial charge in [0.25, 0.3) is 0 Å². The summed E-state index contributed by atoms with van der Waals surface area (Å²) >= 11 is 0. The molecule has 2 N–H and O–H groups in total. The van der Waals surface area contributed by atoms with Gasteiger partial charge >= 0.3 is 0 Å². The lowest BCUT2D eigenvalue weighted by atomic mass is 10.1. The molecule has 0 saturated heterocycles. The highest BCUT2D eigenvalue weighted by atomic mass is 127. The number of aryl methyl sites for hydroxylation is 1. The van der Waals surface area contributed by atoms with Gasteiger partial charge < -0.3 is 34.3 Å². The second-order valence-electron chi connectivity index (χ2n) is 6.87. The smallest absolute Gasteiger partial charge is 0.203 e. The molecule has 0 aliphatic carbocycles. The third-order valence-electron chi connectivity index (χ3n) is 4.92. The summed E-state index contributed by atoms with van der Waals surface area (Å²) in [6.45, 7) is 3.87. The second kappa shape index (κ2) is 15.3. The maximum Gasteiger partial charge on any atom is 0.203 e. The molecule has 0 amide bonds. The van der Waals surface area contributed by atoms with Crippen LogP contribution in [0.25, 0.3) is 0 Å². The molecule has 0 heterocycles. The topological polar surface area (TPSA) is 82.6 Å². The van der Waals surface area contributed by atoms with E-state index in [1.807, 2.05) is 31.2 Å². The summed E-state index contributed by atoms with van der Waals surface area (Å²) in [5.41, 5.74) is 2.14. The minimum absolute atomic E-state index is 0. The molecular formula is C24H36IN3O5. The Morgan fingerprint density at radius 2 is 1.55 bits per heavy atom. The zero-order chi connectivity index (χ0) is 23.3. The van der Waals surface area contributed by atoms with Crippen molar-refractivity contribution in [1.29, 1.82) is 0 Å². The largest absolute Gasteiger partial charge is 0.493 e. The number of nitrogens with one attached hydrogen (secondary N) is 2. The van der Waals surface area contributed by atoms with E-state index in [1.165, 1.54) is 5.56 Å². The van der Waals surface area contributed by atoms with E-state index in [4.69, 9.17) is 23.7 Å². The lowest BCUT2D eigenvalue weighted by Crippen LogP contribution is -2.37. The van der Waals surface area contributed by atoms with Crippen LogP contribution in [-0.4, -0.2) is 54.6 Å². The number of hydrogen-bond acceptors (Lipinski definition) is 6. The second-order valence-corrected chi connectivity index (χ2v) is 6.87. The van der Waals surface area contributed by atoms with E-state index < -0.39 is 0 Å². The van der Waals surface area contributed by atoms with E-state index in [9.17, 15) is 0 Å². The van der Waals surface area contributed by atoms with Crippen LogP contribution in [0.4, 0.5) is 0 Å². The summed E-state index contributed by atoms with van der Waals surface area (Å²) in [4.78, 5) is 4.30. The first-order valence-corrected chi connectivity index (χ1v) is 10.6. The average molecular weight is 573 g/mol. The van der Waals surface area contributed by atoms with Crippen molar-refractivity contribution in [3.8, 4) is 28.7 Å². The van der Waals surface area contributed by atoms with Crippen LogP contribution in [0, 0.1) is 0 Å². The first-order valence-electron chi connectivity index (χ1n) is 10.6. The number of hydrogen-bond donors (Lipinski definition) is 2. The van der Waals surface area contributed by atoms with E-state index >= 15 is 0 Å². The van der Waals surface area contributed by atoms with Gasteiger partial charge in [-0.1, -0.05) is 6.07 Å². The zero-order valence-corrected chi connectivity index (χ0v) is 22.6. The Bertz CT molecular complexity index is 893. The predicted molar refractivity (Wildman–Crippen MR) is 142 cm³/mol.